The zero-order chi connectivity index (χ0) is 19.0. The van der Waals surface area contributed by atoms with E-state index in [0.717, 1.165) is 10.9 Å². The van der Waals surface area contributed by atoms with Gasteiger partial charge < -0.3 is 10.6 Å². The van der Waals surface area contributed by atoms with Gasteiger partial charge in [0, 0.05) is 11.1 Å². The Balaban J connectivity index is 1.60. The summed E-state index contributed by atoms with van der Waals surface area (Å²) in [6.45, 7) is 1.61. The summed E-state index contributed by atoms with van der Waals surface area (Å²) in [7, 11) is 0. The molecule has 2 heterocycles. The molecular weight excluding hydrogens is 344 g/mol. The lowest BCUT2D eigenvalue weighted by Gasteiger charge is -2.21. The fourth-order valence-corrected chi connectivity index (χ4v) is 3.04. The van der Waals surface area contributed by atoms with Crippen molar-refractivity contribution in [1.82, 2.24) is 15.6 Å². The highest BCUT2D eigenvalue weighted by molar-refractivity contribution is 6.07. The van der Waals surface area contributed by atoms with Crippen LogP contribution in [0.1, 0.15) is 23.0 Å². The number of hydrogen-bond donors (Lipinski definition) is 3. The number of anilines is 1. The van der Waals surface area contributed by atoms with Crippen LogP contribution in [0.15, 0.2) is 60.7 Å². The lowest BCUT2D eigenvalue weighted by molar-refractivity contribution is -0.123. The number of rotatable bonds is 3. The van der Waals surface area contributed by atoms with E-state index in [2.05, 4.69) is 20.9 Å². The predicted molar refractivity (Wildman–Crippen MR) is 100 cm³/mol. The molecule has 0 unspecified atom stereocenters. The molecule has 1 fully saturated rings. The van der Waals surface area contributed by atoms with E-state index >= 15 is 0 Å². The Hall–Kier alpha value is -3.74. The SMILES string of the molecule is C[C@]1(c2cccc(NC(=O)c3ccc4ccccc4n3)c2)NC(=O)NC1=O. The molecule has 7 nitrogen and oxygen atoms in total. The van der Waals surface area contributed by atoms with Crippen LogP contribution in [0.25, 0.3) is 10.9 Å². The molecule has 0 spiro atoms. The molecule has 0 aliphatic carbocycles. The minimum atomic E-state index is -1.18. The summed E-state index contributed by atoms with van der Waals surface area (Å²) >= 11 is 0. The van der Waals surface area contributed by atoms with Crippen molar-refractivity contribution in [3.8, 4) is 0 Å². The third-order valence-electron chi connectivity index (χ3n) is 4.57. The number of hydrogen-bond acceptors (Lipinski definition) is 4. The molecule has 7 heteroatoms. The molecule has 1 atom stereocenters. The van der Waals surface area contributed by atoms with Crippen molar-refractivity contribution in [3.63, 3.8) is 0 Å². The Kier molecular flexibility index (Phi) is 3.84. The molecule has 2 aromatic carbocycles. The Morgan fingerprint density at radius 1 is 1.04 bits per heavy atom. The quantitative estimate of drug-likeness (QED) is 0.625. The average molecular weight is 360 g/mol. The number of benzene rings is 2. The van der Waals surface area contributed by atoms with Gasteiger partial charge in [-0.15, -0.1) is 0 Å². The van der Waals surface area contributed by atoms with Crippen molar-refractivity contribution in [2.45, 2.75) is 12.5 Å². The fourth-order valence-electron chi connectivity index (χ4n) is 3.04. The van der Waals surface area contributed by atoms with E-state index in [1.165, 1.54) is 0 Å². The molecular formula is C20H16N4O3. The van der Waals surface area contributed by atoms with Crippen LogP contribution >= 0.6 is 0 Å². The van der Waals surface area contributed by atoms with E-state index in [1.54, 1.807) is 37.3 Å². The monoisotopic (exact) mass is 360 g/mol. The highest BCUT2D eigenvalue weighted by atomic mass is 16.2. The summed E-state index contributed by atoms with van der Waals surface area (Å²) in [6, 6.07) is 17.3. The third-order valence-corrected chi connectivity index (χ3v) is 4.57. The second kappa shape index (κ2) is 6.21. The first-order valence-electron chi connectivity index (χ1n) is 8.37. The van der Waals surface area contributed by atoms with Crippen LogP contribution in [-0.2, 0) is 10.3 Å². The van der Waals surface area contributed by atoms with Crippen LogP contribution in [0.3, 0.4) is 0 Å². The van der Waals surface area contributed by atoms with Crippen LogP contribution < -0.4 is 16.0 Å². The lowest BCUT2D eigenvalue weighted by Crippen LogP contribution is -2.40. The van der Waals surface area contributed by atoms with Crippen LogP contribution in [0.2, 0.25) is 0 Å². The van der Waals surface area contributed by atoms with E-state index in [0.29, 0.717) is 11.3 Å². The number of fused-ring (bicyclic) bond motifs is 1. The van der Waals surface area contributed by atoms with Crippen molar-refractivity contribution in [2.75, 3.05) is 5.32 Å². The Bertz CT molecular complexity index is 1100. The van der Waals surface area contributed by atoms with Gasteiger partial charge in [0.05, 0.1) is 5.52 Å². The fraction of sp³-hybridized carbons (Fsp3) is 0.100. The van der Waals surface area contributed by atoms with Crippen LogP contribution in [0.5, 0.6) is 0 Å². The highest BCUT2D eigenvalue weighted by Gasteiger charge is 2.43. The number of urea groups is 1. The zero-order valence-corrected chi connectivity index (χ0v) is 14.4. The Labute approximate surface area is 154 Å². The summed E-state index contributed by atoms with van der Waals surface area (Å²) < 4.78 is 0. The molecule has 1 aliphatic rings. The molecule has 27 heavy (non-hydrogen) atoms. The number of carbonyl (C=O) groups excluding carboxylic acids is 3. The molecule has 4 rings (SSSR count). The molecule has 1 aliphatic heterocycles. The maximum absolute atomic E-state index is 12.6. The average Bonchev–Trinajstić information content (AvgIpc) is 2.94. The molecule has 4 amide bonds. The summed E-state index contributed by atoms with van der Waals surface area (Å²) in [5.41, 5.74) is 0.908. The van der Waals surface area contributed by atoms with Gasteiger partial charge in [-0.25, -0.2) is 9.78 Å². The second-order valence-corrected chi connectivity index (χ2v) is 6.46. The van der Waals surface area contributed by atoms with Gasteiger partial charge >= 0.3 is 6.03 Å². The maximum Gasteiger partial charge on any atom is 0.322 e. The normalized spacial score (nSPS) is 18.9. The number of para-hydroxylation sites is 1. The Morgan fingerprint density at radius 3 is 2.63 bits per heavy atom. The molecule has 3 N–H and O–H groups in total. The van der Waals surface area contributed by atoms with Gasteiger partial charge in [-0.1, -0.05) is 36.4 Å². The molecule has 1 saturated heterocycles. The summed E-state index contributed by atoms with van der Waals surface area (Å²) in [6.07, 6.45) is 0. The summed E-state index contributed by atoms with van der Waals surface area (Å²) in [5.74, 6) is -0.796. The second-order valence-electron chi connectivity index (χ2n) is 6.46. The maximum atomic E-state index is 12.6. The van der Waals surface area contributed by atoms with Crippen molar-refractivity contribution >= 4 is 34.4 Å². The smallest absolute Gasteiger partial charge is 0.321 e. The van der Waals surface area contributed by atoms with E-state index in [4.69, 9.17) is 0 Å². The summed E-state index contributed by atoms with van der Waals surface area (Å²) in [4.78, 5) is 40.5. The topological polar surface area (TPSA) is 100 Å². The first-order chi connectivity index (χ1) is 13.0. The van der Waals surface area contributed by atoms with Crippen molar-refractivity contribution < 1.29 is 14.4 Å². The van der Waals surface area contributed by atoms with E-state index in [-0.39, 0.29) is 11.6 Å². The molecule has 0 bridgehead atoms. The van der Waals surface area contributed by atoms with Crippen LogP contribution in [-0.4, -0.2) is 22.8 Å². The Morgan fingerprint density at radius 2 is 1.85 bits per heavy atom. The number of carbonyl (C=O) groups is 3. The van der Waals surface area contributed by atoms with Gasteiger partial charge in [-0.05, 0) is 36.8 Å². The number of nitrogens with one attached hydrogen (secondary N) is 3. The van der Waals surface area contributed by atoms with Gasteiger partial charge in [0.1, 0.15) is 11.2 Å². The van der Waals surface area contributed by atoms with E-state index in [1.807, 2.05) is 30.3 Å². The molecule has 134 valence electrons. The number of nitrogens with zero attached hydrogens (tertiary/aromatic N) is 1. The molecule has 0 radical (unpaired) electrons. The number of imide groups is 1. The summed E-state index contributed by atoms with van der Waals surface area (Å²) in [5, 5.41) is 8.56. The third kappa shape index (κ3) is 2.99. The van der Waals surface area contributed by atoms with E-state index in [9.17, 15) is 14.4 Å². The van der Waals surface area contributed by atoms with Gasteiger partial charge in [-0.2, -0.15) is 0 Å². The number of pyridine rings is 1. The lowest BCUT2D eigenvalue weighted by atomic mass is 9.92. The van der Waals surface area contributed by atoms with Crippen LogP contribution in [0, 0.1) is 0 Å². The van der Waals surface area contributed by atoms with Gasteiger partial charge in [0.15, 0.2) is 0 Å². The highest BCUT2D eigenvalue weighted by Crippen LogP contribution is 2.26. The minimum absolute atomic E-state index is 0.289. The first kappa shape index (κ1) is 16.7. The largest absolute Gasteiger partial charge is 0.322 e. The molecule has 1 aromatic heterocycles. The van der Waals surface area contributed by atoms with Gasteiger partial charge in [-0.3, -0.25) is 14.9 Å². The first-order valence-corrected chi connectivity index (χ1v) is 8.37. The standard InChI is InChI=1S/C20H16N4O3/c1-20(18(26)23-19(27)24-20)13-6-4-7-14(11-13)21-17(25)16-10-9-12-5-2-3-8-15(12)22-16/h2-11H,1H3,(H,21,25)(H2,23,24,26,27)/t20-/m1/s1. The predicted octanol–water partition coefficient (Wildman–Crippen LogP) is 2.54. The van der Waals surface area contributed by atoms with E-state index < -0.39 is 17.5 Å². The number of amides is 4. The van der Waals surface area contributed by atoms with Gasteiger partial charge in [0.25, 0.3) is 11.8 Å². The van der Waals surface area contributed by atoms with Crippen molar-refractivity contribution in [1.29, 1.82) is 0 Å². The minimum Gasteiger partial charge on any atom is -0.321 e. The van der Waals surface area contributed by atoms with Crippen molar-refractivity contribution in [2.24, 2.45) is 0 Å². The molecule has 3 aromatic rings. The molecule has 0 saturated carbocycles. The van der Waals surface area contributed by atoms with Gasteiger partial charge in [0.2, 0.25) is 0 Å². The van der Waals surface area contributed by atoms with Crippen molar-refractivity contribution in [3.05, 3.63) is 71.9 Å². The van der Waals surface area contributed by atoms with Crippen LogP contribution in [0.4, 0.5) is 10.5 Å². The number of aromatic nitrogens is 1. The zero-order valence-electron chi connectivity index (χ0n) is 14.4.